The topological polar surface area (TPSA) is 54.1 Å². The van der Waals surface area contributed by atoms with E-state index < -0.39 is 8.07 Å². The lowest BCUT2D eigenvalue weighted by atomic mass is 9.86. The van der Waals surface area contributed by atoms with Gasteiger partial charge in [-0.3, -0.25) is 4.98 Å². The first kappa shape index (κ1) is 25.7. The van der Waals surface area contributed by atoms with Gasteiger partial charge in [0.15, 0.2) is 0 Å². The molecule has 0 N–H and O–H groups in total. The summed E-state index contributed by atoms with van der Waals surface area (Å²) in [4.78, 5) is 4.96. The maximum Gasteiger partial charge on any atom is 0.139 e. The van der Waals surface area contributed by atoms with Gasteiger partial charge in [-0.2, -0.15) is 5.10 Å². The van der Waals surface area contributed by atoms with Crippen molar-refractivity contribution in [2.24, 2.45) is 5.92 Å². The molecule has 1 saturated heterocycles. The lowest BCUT2D eigenvalue weighted by molar-refractivity contribution is 0.0553. The van der Waals surface area contributed by atoms with Crippen LogP contribution < -0.4 is 0 Å². The second kappa shape index (κ2) is 10.6. The highest BCUT2D eigenvalue weighted by Gasteiger charge is 2.30. The zero-order chi connectivity index (χ0) is 26.3. The largest absolute Gasteiger partial charge is 0.381 e. The fourth-order valence-corrected chi connectivity index (χ4v) is 6.85. The summed E-state index contributed by atoms with van der Waals surface area (Å²) in [6.07, 6.45) is 5.97. The van der Waals surface area contributed by atoms with Crippen molar-refractivity contribution >= 4 is 56.8 Å². The predicted molar refractivity (Wildman–Crippen MR) is 160 cm³/mol. The average molecular weight is 592 g/mol. The molecule has 8 heteroatoms. The van der Waals surface area contributed by atoms with Crippen LogP contribution >= 0.6 is 15.9 Å². The Morgan fingerprint density at radius 1 is 1.03 bits per heavy atom. The molecule has 1 aliphatic heterocycles. The molecule has 0 aliphatic carbocycles. The quantitative estimate of drug-likeness (QED) is 0.138. The molecule has 0 radical (unpaired) electrons. The molecule has 2 aromatic carbocycles. The fraction of sp³-hybridized carbons (Fsp3) is 0.400. The average Bonchev–Trinajstić information content (AvgIpc) is 3.46. The minimum atomic E-state index is -1.13. The first-order chi connectivity index (χ1) is 18.4. The summed E-state index contributed by atoms with van der Waals surface area (Å²) in [6, 6.07) is 18.9. The molecular formula is C30H35BrN4O2Si. The molecular weight excluding hydrogens is 556 g/mol. The van der Waals surface area contributed by atoms with Crippen LogP contribution in [0.4, 0.5) is 0 Å². The van der Waals surface area contributed by atoms with Crippen molar-refractivity contribution in [1.82, 2.24) is 19.3 Å². The van der Waals surface area contributed by atoms with E-state index in [9.17, 15) is 0 Å². The third-order valence-electron chi connectivity index (χ3n) is 7.74. The SMILES string of the molecule is C[Si](C)(C)CCOCn1ncc2c3c4ncc(Br)cc4n([C@H](c4ccccc4)C4CCOCC4)c3ccc21. The molecule has 198 valence electrons. The Morgan fingerprint density at radius 2 is 1.79 bits per heavy atom. The second-order valence-electron chi connectivity index (χ2n) is 11.6. The maximum atomic E-state index is 6.05. The van der Waals surface area contributed by atoms with E-state index in [1.54, 1.807) is 0 Å². The Labute approximate surface area is 233 Å². The van der Waals surface area contributed by atoms with Gasteiger partial charge in [0.05, 0.1) is 34.3 Å². The predicted octanol–water partition coefficient (Wildman–Crippen LogP) is 7.63. The van der Waals surface area contributed by atoms with Crippen LogP contribution in [0.5, 0.6) is 0 Å². The summed E-state index contributed by atoms with van der Waals surface area (Å²) < 4.78 is 17.3. The van der Waals surface area contributed by atoms with Crippen molar-refractivity contribution in [3.8, 4) is 0 Å². The highest BCUT2D eigenvalue weighted by Crippen LogP contribution is 2.42. The van der Waals surface area contributed by atoms with E-state index in [4.69, 9.17) is 19.6 Å². The Hall–Kier alpha value is -2.52. The van der Waals surface area contributed by atoms with Gasteiger partial charge in [-0.1, -0.05) is 50.0 Å². The van der Waals surface area contributed by atoms with Gasteiger partial charge in [-0.05, 0) is 64.5 Å². The molecule has 0 bridgehead atoms. The Balaban J connectivity index is 1.51. The lowest BCUT2D eigenvalue weighted by Gasteiger charge is -2.33. The zero-order valence-electron chi connectivity index (χ0n) is 22.4. The van der Waals surface area contributed by atoms with E-state index in [0.29, 0.717) is 12.6 Å². The van der Waals surface area contributed by atoms with Crippen LogP contribution in [0.3, 0.4) is 0 Å². The summed E-state index contributed by atoms with van der Waals surface area (Å²) >= 11 is 3.70. The van der Waals surface area contributed by atoms with Crippen LogP contribution in [-0.4, -0.2) is 47.2 Å². The minimum Gasteiger partial charge on any atom is -0.381 e. The molecule has 1 aliphatic rings. The summed E-state index contributed by atoms with van der Waals surface area (Å²) in [5, 5.41) is 7.02. The van der Waals surface area contributed by atoms with E-state index in [1.807, 2.05) is 17.1 Å². The van der Waals surface area contributed by atoms with Gasteiger partial charge in [0.2, 0.25) is 0 Å². The number of nitrogens with zero attached hydrogens (tertiary/aromatic N) is 4. The summed E-state index contributed by atoms with van der Waals surface area (Å²) in [5.41, 5.74) is 5.75. The van der Waals surface area contributed by atoms with Gasteiger partial charge < -0.3 is 14.0 Å². The summed E-state index contributed by atoms with van der Waals surface area (Å²) in [6.45, 7) is 9.98. The Bertz CT molecular complexity index is 1570. The van der Waals surface area contributed by atoms with Crippen molar-refractivity contribution in [3.05, 3.63) is 71.0 Å². The van der Waals surface area contributed by atoms with Crippen molar-refractivity contribution < 1.29 is 9.47 Å². The third kappa shape index (κ3) is 4.95. The van der Waals surface area contributed by atoms with Crippen LogP contribution in [0.1, 0.15) is 24.4 Å². The van der Waals surface area contributed by atoms with Gasteiger partial charge in [-0.15, -0.1) is 0 Å². The molecule has 38 heavy (non-hydrogen) atoms. The van der Waals surface area contributed by atoms with Crippen molar-refractivity contribution in [1.29, 1.82) is 0 Å². The summed E-state index contributed by atoms with van der Waals surface area (Å²) in [7, 11) is -1.13. The number of hydrogen-bond donors (Lipinski definition) is 0. The van der Waals surface area contributed by atoms with Gasteiger partial charge in [0.1, 0.15) is 6.73 Å². The van der Waals surface area contributed by atoms with Gasteiger partial charge >= 0.3 is 0 Å². The number of aromatic nitrogens is 4. The van der Waals surface area contributed by atoms with E-state index >= 15 is 0 Å². The van der Waals surface area contributed by atoms with Crippen molar-refractivity contribution in [2.75, 3.05) is 19.8 Å². The molecule has 4 heterocycles. The van der Waals surface area contributed by atoms with E-state index in [0.717, 1.165) is 70.5 Å². The smallest absolute Gasteiger partial charge is 0.139 e. The second-order valence-corrected chi connectivity index (χ2v) is 18.1. The van der Waals surface area contributed by atoms with E-state index in [1.165, 1.54) is 11.1 Å². The first-order valence-electron chi connectivity index (χ1n) is 13.5. The standard InChI is InChI=1S/C30H35BrN4O2Si/c1-38(2,3)16-15-37-20-34-25-9-10-26-28(24(25)19-33-34)29-27(17-23(31)18-32-29)35(26)30(21-7-5-4-6-8-21)22-11-13-36-14-12-22/h4-10,17-19,22,30H,11-16,20H2,1-3H3/t30-/m1/s1. The van der Waals surface area contributed by atoms with Crippen LogP contribution in [0.25, 0.3) is 32.8 Å². The zero-order valence-corrected chi connectivity index (χ0v) is 24.9. The summed E-state index contributed by atoms with van der Waals surface area (Å²) in [5.74, 6) is 0.474. The van der Waals surface area contributed by atoms with Gasteiger partial charge in [-0.25, -0.2) is 4.68 Å². The van der Waals surface area contributed by atoms with Gasteiger partial charge in [0.25, 0.3) is 0 Å². The van der Waals surface area contributed by atoms with E-state index in [-0.39, 0.29) is 6.04 Å². The highest BCUT2D eigenvalue weighted by molar-refractivity contribution is 9.10. The van der Waals surface area contributed by atoms with Crippen LogP contribution in [-0.2, 0) is 16.2 Å². The van der Waals surface area contributed by atoms with E-state index in [2.05, 4.69) is 88.7 Å². The normalized spacial score (nSPS) is 16.1. The monoisotopic (exact) mass is 590 g/mol. The van der Waals surface area contributed by atoms with Crippen molar-refractivity contribution in [3.63, 3.8) is 0 Å². The Morgan fingerprint density at radius 3 is 2.55 bits per heavy atom. The molecule has 0 amide bonds. The van der Waals surface area contributed by atoms with Gasteiger partial charge in [0, 0.05) is 49.3 Å². The lowest BCUT2D eigenvalue weighted by Crippen LogP contribution is -2.26. The molecule has 6 nitrogen and oxygen atoms in total. The molecule has 1 fully saturated rings. The highest BCUT2D eigenvalue weighted by atomic mass is 79.9. The molecule has 3 aromatic heterocycles. The molecule has 0 unspecified atom stereocenters. The maximum absolute atomic E-state index is 6.05. The third-order valence-corrected chi connectivity index (χ3v) is 9.87. The van der Waals surface area contributed by atoms with Crippen molar-refractivity contribution in [2.45, 2.75) is 51.3 Å². The number of pyridine rings is 1. The molecule has 1 atom stereocenters. The molecule has 0 saturated carbocycles. The van der Waals surface area contributed by atoms with Crippen LogP contribution in [0, 0.1) is 5.92 Å². The number of hydrogen-bond acceptors (Lipinski definition) is 4. The molecule has 0 spiro atoms. The Kier molecular flexibility index (Phi) is 7.16. The minimum absolute atomic E-state index is 0.189. The number of benzene rings is 2. The molecule has 5 aromatic rings. The molecule has 6 rings (SSSR count). The number of ether oxygens (including phenoxy) is 2. The van der Waals surface area contributed by atoms with Crippen LogP contribution in [0.2, 0.25) is 25.7 Å². The van der Waals surface area contributed by atoms with Crippen LogP contribution in [0.15, 0.2) is 65.4 Å². The number of fused-ring (bicyclic) bond motifs is 5. The first-order valence-corrected chi connectivity index (χ1v) is 18.0. The fourth-order valence-electron chi connectivity index (χ4n) is 5.77. The number of rotatable bonds is 8. The number of halogens is 1.